The first-order chi connectivity index (χ1) is 9.61. The zero-order valence-corrected chi connectivity index (χ0v) is 11.5. The van der Waals surface area contributed by atoms with Crippen LogP contribution in [0.2, 0.25) is 0 Å². The summed E-state index contributed by atoms with van der Waals surface area (Å²) in [6.07, 6.45) is 0. The molecule has 2 aromatic rings. The van der Waals surface area contributed by atoms with E-state index >= 15 is 0 Å². The molecule has 2 aromatic carbocycles. The third kappa shape index (κ3) is 1.74. The zero-order valence-electron chi connectivity index (χ0n) is 11.5. The van der Waals surface area contributed by atoms with Crippen LogP contribution in [0.15, 0.2) is 48.5 Å². The van der Waals surface area contributed by atoms with E-state index in [1.54, 1.807) is 0 Å². The van der Waals surface area contributed by atoms with Crippen molar-refractivity contribution in [3.8, 4) is 11.1 Å². The number of fused-ring (bicyclic) bond motifs is 3. The minimum absolute atomic E-state index is 0.228. The summed E-state index contributed by atoms with van der Waals surface area (Å²) in [7, 11) is 0. The minimum Gasteiger partial charge on any atom is -0.275 e. The van der Waals surface area contributed by atoms with E-state index < -0.39 is 0 Å². The first-order valence-corrected chi connectivity index (χ1v) is 6.60. The lowest BCUT2D eigenvalue weighted by Gasteiger charge is -2.26. The highest BCUT2D eigenvalue weighted by molar-refractivity contribution is 5.95. The summed E-state index contributed by atoms with van der Waals surface area (Å²) < 4.78 is 0. The second kappa shape index (κ2) is 4.60. The van der Waals surface area contributed by atoms with Crippen molar-refractivity contribution in [2.24, 2.45) is 0 Å². The molecule has 100 valence electrons. The SMILES string of the molecule is CC(=O)N(C(C)=O)C1c2ccccc2-c2ccccc21. The van der Waals surface area contributed by atoms with Gasteiger partial charge in [-0.05, 0) is 22.3 Å². The van der Waals surface area contributed by atoms with Gasteiger partial charge in [-0.2, -0.15) is 0 Å². The fourth-order valence-electron chi connectivity index (χ4n) is 2.99. The number of imide groups is 1. The Balaban J connectivity index is 2.25. The number of carbonyl (C=O) groups excluding carboxylic acids is 2. The Kier molecular flexibility index (Phi) is 2.90. The standard InChI is InChI=1S/C17H15NO2/c1-11(19)18(12(2)20)17-15-9-5-3-7-13(15)14-8-4-6-10-16(14)17/h3-10,17H,1-2H3. The summed E-state index contributed by atoms with van der Waals surface area (Å²) in [4.78, 5) is 25.1. The van der Waals surface area contributed by atoms with Crippen LogP contribution >= 0.6 is 0 Å². The molecule has 2 amide bonds. The average Bonchev–Trinajstić information content (AvgIpc) is 2.74. The lowest BCUT2D eigenvalue weighted by atomic mass is 10.0. The van der Waals surface area contributed by atoms with Gasteiger partial charge in [0.15, 0.2) is 0 Å². The molecular formula is C17H15NO2. The monoisotopic (exact) mass is 265 g/mol. The molecule has 0 aromatic heterocycles. The lowest BCUT2D eigenvalue weighted by Crippen LogP contribution is -2.36. The number of nitrogens with zero attached hydrogens (tertiary/aromatic N) is 1. The van der Waals surface area contributed by atoms with E-state index in [0.29, 0.717) is 0 Å². The summed E-state index contributed by atoms with van der Waals surface area (Å²) in [6, 6.07) is 15.6. The molecule has 0 unspecified atom stereocenters. The first-order valence-electron chi connectivity index (χ1n) is 6.60. The van der Waals surface area contributed by atoms with Gasteiger partial charge in [0, 0.05) is 13.8 Å². The van der Waals surface area contributed by atoms with Gasteiger partial charge in [0.05, 0.1) is 6.04 Å². The molecule has 0 saturated heterocycles. The van der Waals surface area contributed by atoms with Crippen molar-refractivity contribution in [2.45, 2.75) is 19.9 Å². The maximum absolute atomic E-state index is 11.9. The van der Waals surface area contributed by atoms with Gasteiger partial charge in [-0.25, -0.2) is 0 Å². The Labute approximate surface area is 117 Å². The maximum atomic E-state index is 11.9. The highest BCUT2D eigenvalue weighted by Gasteiger charge is 2.35. The van der Waals surface area contributed by atoms with E-state index in [-0.39, 0.29) is 17.9 Å². The van der Waals surface area contributed by atoms with Gasteiger partial charge in [-0.3, -0.25) is 14.5 Å². The van der Waals surface area contributed by atoms with Crippen LogP contribution in [0, 0.1) is 0 Å². The maximum Gasteiger partial charge on any atom is 0.226 e. The highest BCUT2D eigenvalue weighted by Crippen LogP contribution is 2.46. The Bertz CT molecular complexity index is 646. The van der Waals surface area contributed by atoms with Gasteiger partial charge in [-0.15, -0.1) is 0 Å². The van der Waals surface area contributed by atoms with Crippen molar-refractivity contribution < 1.29 is 9.59 Å². The molecule has 1 aliphatic carbocycles. The topological polar surface area (TPSA) is 37.4 Å². The van der Waals surface area contributed by atoms with Crippen molar-refractivity contribution in [1.29, 1.82) is 0 Å². The molecule has 3 rings (SSSR count). The molecule has 0 atom stereocenters. The van der Waals surface area contributed by atoms with Crippen LogP contribution in [0.4, 0.5) is 0 Å². The van der Waals surface area contributed by atoms with Crippen molar-refractivity contribution in [2.75, 3.05) is 0 Å². The Hall–Kier alpha value is -2.42. The molecule has 0 radical (unpaired) electrons. The second-order valence-corrected chi connectivity index (χ2v) is 4.99. The van der Waals surface area contributed by atoms with Gasteiger partial charge in [-0.1, -0.05) is 48.5 Å². The molecule has 0 N–H and O–H groups in total. The quantitative estimate of drug-likeness (QED) is 0.794. The zero-order chi connectivity index (χ0) is 14.3. The molecular weight excluding hydrogens is 250 g/mol. The number of rotatable bonds is 1. The third-order valence-corrected chi connectivity index (χ3v) is 3.74. The fourth-order valence-corrected chi connectivity index (χ4v) is 2.99. The Morgan fingerprint density at radius 3 is 1.60 bits per heavy atom. The van der Waals surface area contributed by atoms with Crippen LogP contribution < -0.4 is 0 Å². The molecule has 0 heterocycles. The molecule has 0 saturated carbocycles. The largest absolute Gasteiger partial charge is 0.275 e. The Morgan fingerprint density at radius 2 is 1.20 bits per heavy atom. The minimum atomic E-state index is -0.308. The number of amides is 2. The fraction of sp³-hybridized carbons (Fsp3) is 0.176. The van der Waals surface area contributed by atoms with Crippen molar-refractivity contribution in [3.63, 3.8) is 0 Å². The molecule has 0 bridgehead atoms. The summed E-state index contributed by atoms with van der Waals surface area (Å²) in [5.74, 6) is -0.456. The molecule has 0 aliphatic heterocycles. The molecule has 3 nitrogen and oxygen atoms in total. The van der Waals surface area contributed by atoms with E-state index in [4.69, 9.17) is 0 Å². The van der Waals surface area contributed by atoms with E-state index in [9.17, 15) is 9.59 Å². The van der Waals surface area contributed by atoms with Crippen molar-refractivity contribution in [1.82, 2.24) is 4.90 Å². The lowest BCUT2D eigenvalue weighted by molar-refractivity contribution is -0.144. The normalized spacial score (nSPS) is 12.7. The van der Waals surface area contributed by atoms with Crippen LogP contribution in [-0.4, -0.2) is 16.7 Å². The van der Waals surface area contributed by atoms with Gasteiger partial charge >= 0.3 is 0 Å². The van der Waals surface area contributed by atoms with E-state index in [2.05, 4.69) is 0 Å². The number of hydrogen-bond acceptors (Lipinski definition) is 2. The van der Waals surface area contributed by atoms with Crippen LogP contribution in [0.3, 0.4) is 0 Å². The number of carbonyl (C=O) groups is 2. The van der Waals surface area contributed by atoms with Crippen LogP contribution in [0.25, 0.3) is 11.1 Å². The number of hydrogen-bond donors (Lipinski definition) is 0. The van der Waals surface area contributed by atoms with Gasteiger partial charge in [0.25, 0.3) is 0 Å². The molecule has 20 heavy (non-hydrogen) atoms. The molecule has 0 spiro atoms. The van der Waals surface area contributed by atoms with Crippen LogP contribution in [-0.2, 0) is 9.59 Å². The summed E-state index contributed by atoms with van der Waals surface area (Å²) in [6.45, 7) is 2.87. The van der Waals surface area contributed by atoms with E-state index in [1.165, 1.54) is 18.7 Å². The van der Waals surface area contributed by atoms with Crippen LogP contribution in [0.1, 0.15) is 31.0 Å². The third-order valence-electron chi connectivity index (χ3n) is 3.74. The molecule has 1 aliphatic rings. The van der Waals surface area contributed by atoms with Gasteiger partial charge in [0.1, 0.15) is 0 Å². The summed E-state index contributed by atoms with van der Waals surface area (Å²) >= 11 is 0. The molecule has 3 heteroatoms. The van der Waals surface area contributed by atoms with E-state index in [1.807, 2.05) is 48.5 Å². The molecule has 0 fully saturated rings. The smallest absolute Gasteiger partial charge is 0.226 e. The summed E-state index contributed by atoms with van der Waals surface area (Å²) in [5.41, 5.74) is 4.22. The second-order valence-electron chi connectivity index (χ2n) is 4.99. The van der Waals surface area contributed by atoms with Crippen molar-refractivity contribution >= 4 is 11.8 Å². The summed E-state index contributed by atoms with van der Waals surface area (Å²) in [5, 5.41) is 0. The number of benzene rings is 2. The Morgan fingerprint density at radius 1 is 0.800 bits per heavy atom. The van der Waals surface area contributed by atoms with Gasteiger partial charge in [0.2, 0.25) is 11.8 Å². The van der Waals surface area contributed by atoms with Crippen molar-refractivity contribution in [3.05, 3.63) is 59.7 Å². The average molecular weight is 265 g/mol. The highest BCUT2D eigenvalue weighted by atomic mass is 16.2. The van der Waals surface area contributed by atoms with E-state index in [0.717, 1.165) is 22.3 Å². The van der Waals surface area contributed by atoms with Gasteiger partial charge < -0.3 is 0 Å². The predicted molar refractivity (Wildman–Crippen MR) is 76.9 cm³/mol. The predicted octanol–water partition coefficient (Wildman–Crippen LogP) is 3.15. The first kappa shape index (κ1) is 12.6. The van der Waals surface area contributed by atoms with Crippen LogP contribution in [0.5, 0.6) is 0 Å².